The highest BCUT2D eigenvalue weighted by molar-refractivity contribution is 5.91. The van der Waals surface area contributed by atoms with Gasteiger partial charge >= 0.3 is 5.97 Å². The average Bonchev–Trinajstić information content (AvgIpc) is 3.31. The molecule has 1 atom stereocenters. The molecule has 0 spiro atoms. The number of aryl methyl sites for hydroxylation is 1. The third-order valence-corrected chi connectivity index (χ3v) is 6.03. The van der Waals surface area contributed by atoms with Crippen LogP contribution in [0, 0.1) is 28.4 Å². The molecule has 3 N–H and O–H groups in total. The molecular formula is C27H19N5O5. The molecule has 0 unspecified atom stereocenters. The minimum atomic E-state index is -0.674. The van der Waals surface area contributed by atoms with E-state index in [9.17, 15) is 20.2 Å². The first kappa shape index (κ1) is 23.3. The fourth-order valence-corrected chi connectivity index (χ4v) is 4.31. The van der Waals surface area contributed by atoms with Crippen molar-refractivity contribution in [3.8, 4) is 29.0 Å². The number of hydrogen-bond donors (Lipinski definition) is 2. The molecule has 0 radical (unpaired) electrons. The van der Waals surface area contributed by atoms with Crippen molar-refractivity contribution in [1.29, 1.82) is 5.26 Å². The lowest BCUT2D eigenvalue weighted by Gasteiger charge is -2.24. The average molecular weight is 493 g/mol. The number of nitrogens with zero attached hydrogens (tertiary/aromatic N) is 3. The van der Waals surface area contributed by atoms with Gasteiger partial charge in [-0.2, -0.15) is 5.26 Å². The van der Waals surface area contributed by atoms with Crippen molar-refractivity contribution in [3.05, 3.63) is 117 Å². The monoisotopic (exact) mass is 493 g/mol. The molecule has 10 heteroatoms. The first-order chi connectivity index (χ1) is 17.9. The minimum absolute atomic E-state index is 0.0603. The predicted octanol–water partition coefficient (Wildman–Crippen LogP) is 4.73. The molecule has 2 heterocycles. The second kappa shape index (κ2) is 9.31. The van der Waals surface area contributed by atoms with Gasteiger partial charge in [0.2, 0.25) is 11.8 Å². The van der Waals surface area contributed by atoms with Gasteiger partial charge in [0.05, 0.1) is 27.7 Å². The summed E-state index contributed by atoms with van der Waals surface area (Å²) < 4.78 is 11.2. The summed E-state index contributed by atoms with van der Waals surface area (Å²) in [4.78, 5) is 23.4. The van der Waals surface area contributed by atoms with Gasteiger partial charge in [-0.25, -0.2) is 4.79 Å². The molecule has 182 valence electrons. The zero-order chi connectivity index (χ0) is 26.1. The van der Waals surface area contributed by atoms with Crippen molar-refractivity contribution in [2.75, 3.05) is 0 Å². The largest absolute Gasteiger partial charge is 0.423 e. The Kier molecular flexibility index (Phi) is 5.87. The maximum atomic E-state index is 12.8. The van der Waals surface area contributed by atoms with E-state index in [4.69, 9.17) is 15.2 Å². The number of carbonyl (C=O) groups is 1. The van der Waals surface area contributed by atoms with Gasteiger partial charge in [0.15, 0.2) is 0 Å². The van der Waals surface area contributed by atoms with E-state index in [1.54, 1.807) is 31.2 Å². The standard InChI is InChI=1S/C27H19N5O5/c1-15-12-18(10-11-21(15)32(34)35)27(33)36-19-9-5-8-17(13-19)22-20(14-28)25(29)37-26-23(22)24(30-31-26)16-6-3-2-4-7-16/h2-13,22H,29H2,1H3,(H,30,31)/t22-/m1/s1. The number of nitro groups is 1. The second-order valence-corrected chi connectivity index (χ2v) is 8.33. The van der Waals surface area contributed by atoms with E-state index >= 15 is 0 Å². The number of nitrogens with one attached hydrogen (secondary N) is 1. The van der Waals surface area contributed by atoms with Crippen LogP contribution in [-0.2, 0) is 0 Å². The molecular weight excluding hydrogens is 474 g/mol. The highest BCUT2D eigenvalue weighted by atomic mass is 16.6. The van der Waals surface area contributed by atoms with Gasteiger partial charge in [-0.3, -0.25) is 15.2 Å². The number of carbonyl (C=O) groups excluding carboxylic acids is 1. The SMILES string of the molecule is Cc1cc(C(=O)Oc2cccc([C@@H]3C(C#N)=C(N)Oc4n[nH]c(-c5ccccc5)c43)c2)ccc1[N+](=O)[O-]. The van der Waals surface area contributed by atoms with Gasteiger partial charge in [-0.1, -0.05) is 42.5 Å². The Balaban J connectivity index is 1.52. The Hall–Kier alpha value is -5.43. The van der Waals surface area contributed by atoms with E-state index in [2.05, 4.69) is 16.3 Å². The first-order valence-corrected chi connectivity index (χ1v) is 11.2. The molecule has 0 bridgehead atoms. The number of esters is 1. The molecule has 4 aromatic rings. The zero-order valence-corrected chi connectivity index (χ0v) is 19.5. The number of benzene rings is 3. The van der Waals surface area contributed by atoms with Crippen molar-refractivity contribution in [2.45, 2.75) is 12.8 Å². The summed E-state index contributed by atoms with van der Waals surface area (Å²) in [5.41, 5.74) is 9.47. The van der Waals surface area contributed by atoms with E-state index in [0.717, 1.165) is 5.56 Å². The summed E-state index contributed by atoms with van der Waals surface area (Å²) in [6, 6.07) is 22.4. The molecule has 1 aliphatic rings. The number of nitriles is 1. The highest BCUT2D eigenvalue weighted by Gasteiger charge is 2.35. The maximum Gasteiger partial charge on any atom is 0.343 e. The number of aromatic amines is 1. The summed E-state index contributed by atoms with van der Waals surface area (Å²) in [6.07, 6.45) is 0. The van der Waals surface area contributed by atoms with Gasteiger partial charge in [0, 0.05) is 11.6 Å². The van der Waals surface area contributed by atoms with Crippen molar-refractivity contribution in [2.24, 2.45) is 5.73 Å². The van der Waals surface area contributed by atoms with Crippen molar-refractivity contribution < 1.29 is 19.2 Å². The fourth-order valence-electron chi connectivity index (χ4n) is 4.31. The number of fused-ring (bicyclic) bond motifs is 1. The number of aromatic nitrogens is 2. The van der Waals surface area contributed by atoms with E-state index in [1.807, 2.05) is 30.3 Å². The summed E-state index contributed by atoms with van der Waals surface area (Å²) in [6.45, 7) is 1.55. The van der Waals surface area contributed by atoms with Gasteiger partial charge < -0.3 is 15.2 Å². The Morgan fingerprint density at radius 1 is 1.16 bits per heavy atom. The van der Waals surface area contributed by atoms with E-state index in [0.29, 0.717) is 22.4 Å². The van der Waals surface area contributed by atoms with E-state index in [1.165, 1.54) is 18.2 Å². The molecule has 0 aliphatic carbocycles. The lowest BCUT2D eigenvalue weighted by atomic mass is 9.83. The molecule has 0 amide bonds. The van der Waals surface area contributed by atoms with Gasteiger partial charge in [-0.05, 0) is 42.3 Å². The van der Waals surface area contributed by atoms with Crippen LogP contribution in [0.15, 0.2) is 84.3 Å². The van der Waals surface area contributed by atoms with Gasteiger partial charge in [-0.15, -0.1) is 5.10 Å². The summed E-state index contributed by atoms with van der Waals surface area (Å²) in [5.74, 6) is -0.888. The smallest absolute Gasteiger partial charge is 0.343 e. The number of rotatable bonds is 5. The van der Waals surface area contributed by atoms with Crippen LogP contribution in [0.25, 0.3) is 11.3 Å². The lowest BCUT2D eigenvalue weighted by Crippen LogP contribution is -2.21. The number of hydrogen-bond acceptors (Lipinski definition) is 8. The minimum Gasteiger partial charge on any atom is -0.423 e. The van der Waals surface area contributed by atoms with Crippen LogP contribution in [0.4, 0.5) is 5.69 Å². The van der Waals surface area contributed by atoms with Crippen LogP contribution < -0.4 is 15.2 Å². The highest BCUT2D eigenvalue weighted by Crippen LogP contribution is 2.46. The third-order valence-electron chi connectivity index (χ3n) is 6.03. The van der Waals surface area contributed by atoms with Crippen LogP contribution in [0.3, 0.4) is 0 Å². The Bertz CT molecular complexity index is 1620. The molecule has 1 aliphatic heterocycles. The van der Waals surface area contributed by atoms with Crippen molar-refractivity contribution >= 4 is 11.7 Å². The summed E-state index contributed by atoms with van der Waals surface area (Å²) in [7, 11) is 0. The van der Waals surface area contributed by atoms with Crippen LogP contribution in [0.1, 0.15) is 33.0 Å². The quantitative estimate of drug-likeness (QED) is 0.175. The zero-order valence-electron chi connectivity index (χ0n) is 19.5. The number of H-pyrrole nitrogens is 1. The fraction of sp³-hybridized carbons (Fsp3) is 0.0741. The molecule has 0 saturated heterocycles. The third kappa shape index (κ3) is 4.26. The van der Waals surface area contributed by atoms with Gasteiger partial charge in [0.25, 0.3) is 5.69 Å². The van der Waals surface area contributed by atoms with E-state index in [-0.39, 0.29) is 34.3 Å². The van der Waals surface area contributed by atoms with Crippen LogP contribution >= 0.6 is 0 Å². The maximum absolute atomic E-state index is 12.8. The van der Waals surface area contributed by atoms with Crippen LogP contribution in [0.5, 0.6) is 11.6 Å². The normalized spacial score (nSPS) is 14.3. The number of nitrogens with two attached hydrogens (primary N) is 1. The van der Waals surface area contributed by atoms with Gasteiger partial charge in [0.1, 0.15) is 17.4 Å². The summed E-state index contributed by atoms with van der Waals surface area (Å²) >= 11 is 0. The van der Waals surface area contributed by atoms with Crippen LogP contribution in [-0.4, -0.2) is 21.1 Å². The Morgan fingerprint density at radius 2 is 1.95 bits per heavy atom. The molecule has 0 saturated carbocycles. The number of allylic oxidation sites excluding steroid dienone is 1. The first-order valence-electron chi connectivity index (χ1n) is 11.2. The van der Waals surface area contributed by atoms with Crippen molar-refractivity contribution in [1.82, 2.24) is 10.2 Å². The predicted molar refractivity (Wildman–Crippen MR) is 133 cm³/mol. The van der Waals surface area contributed by atoms with E-state index < -0.39 is 16.8 Å². The Morgan fingerprint density at radius 3 is 2.65 bits per heavy atom. The number of ether oxygens (including phenoxy) is 2. The summed E-state index contributed by atoms with van der Waals surface area (Å²) in [5, 5.41) is 28.3. The molecule has 1 aromatic heterocycles. The molecule has 5 rings (SSSR count). The second-order valence-electron chi connectivity index (χ2n) is 8.33. The van der Waals surface area contributed by atoms with Crippen LogP contribution in [0.2, 0.25) is 0 Å². The molecule has 10 nitrogen and oxygen atoms in total. The Labute approximate surface area is 210 Å². The lowest BCUT2D eigenvalue weighted by molar-refractivity contribution is -0.385. The molecule has 0 fully saturated rings. The molecule has 37 heavy (non-hydrogen) atoms. The topological polar surface area (TPSA) is 157 Å². The van der Waals surface area contributed by atoms with Crippen molar-refractivity contribution in [3.63, 3.8) is 0 Å². The molecule has 3 aromatic carbocycles. The number of nitro benzene ring substituents is 1.